The van der Waals surface area contributed by atoms with Crippen LogP contribution in [0, 0.1) is 6.92 Å². The Balaban J connectivity index is 1.83. The summed E-state index contributed by atoms with van der Waals surface area (Å²) >= 11 is 0. The fraction of sp³-hybridized carbons (Fsp3) is 0.111. The molecule has 0 saturated carbocycles. The Morgan fingerprint density at radius 2 is 1.92 bits per heavy atom. The van der Waals surface area contributed by atoms with Gasteiger partial charge in [0.25, 0.3) is 5.91 Å². The van der Waals surface area contributed by atoms with E-state index < -0.39 is 17.6 Å². The number of benzene rings is 1. The molecule has 128 valence electrons. The zero-order valence-electron chi connectivity index (χ0n) is 13.1. The van der Waals surface area contributed by atoms with Crippen molar-refractivity contribution in [2.75, 3.05) is 5.32 Å². The highest BCUT2D eigenvalue weighted by atomic mass is 19.4. The maximum Gasteiger partial charge on any atom is 0.416 e. The maximum absolute atomic E-state index is 12.8. The SMILES string of the molecule is Cc1cccnc1NC(=O)c1ccc(-c2cccc(C(F)(F)F)c2)o1. The smallest absolute Gasteiger partial charge is 0.416 e. The third kappa shape index (κ3) is 3.71. The number of alkyl halides is 3. The number of halogens is 3. The van der Waals surface area contributed by atoms with E-state index >= 15 is 0 Å². The average Bonchev–Trinajstić information content (AvgIpc) is 3.06. The molecule has 2 aromatic heterocycles. The number of hydrogen-bond acceptors (Lipinski definition) is 3. The summed E-state index contributed by atoms with van der Waals surface area (Å²) in [4.78, 5) is 16.3. The highest BCUT2D eigenvalue weighted by Crippen LogP contribution is 2.32. The average molecular weight is 346 g/mol. The molecule has 7 heteroatoms. The zero-order valence-corrected chi connectivity index (χ0v) is 13.1. The molecular weight excluding hydrogens is 333 g/mol. The summed E-state index contributed by atoms with van der Waals surface area (Å²) in [7, 11) is 0. The van der Waals surface area contributed by atoms with Crippen LogP contribution in [-0.4, -0.2) is 10.9 Å². The summed E-state index contributed by atoms with van der Waals surface area (Å²) in [6.07, 6.45) is -2.90. The van der Waals surface area contributed by atoms with E-state index in [0.29, 0.717) is 5.82 Å². The number of rotatable bonds is 3. The number of aromatic nitrogens is 1. The van der Waals surface area contributed by atoms with Crippen molar-refractivity contribution in [3.8, 4) is 11.3 Å². The van der Waals surface area contributed by atoms with Crippen LogP contribution in [0.5, 0.6) is 0 Å². The van der Waals surface area contributed by atoms with Crippen molar-refractivity contribution in [3.05, 3.63) is 71.6 Å². The first-order valence-corrected chi connectivity index (χ1v) is 7.35. The van der Waals surface area contributed by atoms with E-state index in [9.17, 15) is 18.0 Å². The number of nitrogens with zero attached hydrogens (tertiary/aromatic N) is 1. The summed E-state index contributed by atoms with van der Waals surface area (Å²) < 4.78 is 43.8. The number of amides is 1. The van der Waals surface area contributed by atoms with Crippen LogP contribution < -0.4 is 5.32 Å². The molecule has 2 heterocycles. The Bertz CT molecular complexity index is 916. The van der Waals surface area contributed by atoms with Crippen LogP contribution in [0.4, 0.5) is 19.0 Å². The van der Waals surface area contributed by atoms with Crippen LogP contribution in [-0.2, 0) is 6.18 Å². The summed E-state index contributed by atoms with van der Waals surface area (Å²) in [6.45, 7) is 1.79. The van der Waals surface area contributed by atoms with Gasteiger partial charge >= 0.3 is 6.18 Å². The van der Waals surface area contributed by atoms with Gasteiger partial charge in [0.05, 0.1) is 5.56 Å². The number of nitrogens with one attached hydrogen (secondary N) is 1. The van der Waals surface area contributed by atoms with Gasteiger partial charge in [-0.3, -0.25) is 4.79 Å². The summed E-state index contributed by atoms with van der Waals surface area (Å²) in [5.74, 6) is 0.0241. The predicted molar refractivity (Wildman–Crippen MR) is 86.1 cm³/mol. The van der Waals surface area contributed by atoms with Gasteiger partial charge in [-0.15, -0.1) is 0 Å². The minimum Gasteiger partial charge on any atom is -0.451 e. The molecule has 0 aliphatic heterocycles. The third-order valence-corrected chi connectivity index (χ3v) is 3.55. The Kier molecular flexibility index (Phi) is 4.31. The normalized spacial score (nSPS) is 11.4. The fourth-order valence-corrected chi connectivity index (χ4v) is 2.25. The quantitative estimate of drug-likeness (QED) is 0.732. The Hall–Kier alpha value is -3.09. The van der Waals surface area contributed by atoms with Gasteiger partial charge in [-0.05, 0) is 42.8 Å². The van der Waals surface area contributed by atoms with Crippen LogP contribution in [0.3, 0.4) is 0 Å². The van der Waals surface area contributed by atoms with E-state index in [2.05, 4.69) is 10.3 Å². The molecule has 0 atom stereocenters. The zero-order chi connectivity index (χ0) is 18.0. The molecule has 3 rings (SSSR count). The van der Waals surface area contributed by atoms with Crippen molar-refractivity contribution in [2.24, 2.45) is 0 Å². The molecular formula is C18H13F3N2O2. The van der Waals surface area contributed by atoms with Crippen molar-refractivity contribution in [2.45, 2.75) is 13.1 Å². The number of aryl methyl sites for hydroxylation is 1. The first kappa shape index (κ1) is 16.8. The minimum atomic E-state index is -4.45. The lowest BCUT2D eigenvalue weighted by atomic mass is 10.1. The second-order valence-corrected chi connectivity index (χ2v) is 5.37. The number of pyridine rings is 1. The maximum atomic E-state index is 12.8. The topological polar surface area (TPSA) is 55.1 Å². The van der Waals surface area contributed by atoms with Crippen molar-refractivity contribution in [3.63, 3.8) is 0 Å². The predicted octanol–water partition coefficient (Wildman–Crippen LogP) is 4.92. The molecule has 0 aliphatic carbocycles. The molecule has 0 saturated heterocycles. The molecule has 1 N–H and O–H groups in total. The molecule has 0 spiro atoms. The van der Waals surface area contributed by atoms with Gasteiger partial charge in [0.1, 0.15) is 11.6 Å². The van der Waals surface area contributed by atoms with Crippen LogP contribution in [0.25, 0.3) is 11.3 Å². The Labute approximate surface area is 141 Å². The molecule has 1 amide bonds. The summed E-state index contributed by atoms with van der Waals surface area (Å²) in [6, 6.07) is 11.1. The van der Waals surface area contributed by atoms with E-state index in [1.165, 1.54) is 24.3 Å². The molecule has 0 bridgehead atoms. The molecule has 0 radical (unpaired) electrons. The highest BCUT2D eigenvalue weighted by molar-refractivity contribution is 6.02. The van der Waals surface area contributed by atoms with Crippen molar-refractivity contribution >= 4 is 11.7 Å². The van der Waals surface area contributed by atoms with Gasteiger partial charge in [-0.2, -0.15) is 13.2 Å². The second-order valence-electron chi connectivity index (χ2n) is 5.37. The minimum absolute atomic E-state index is 0.0162. The van der Waals surface area contributed by atoms with Crippen molar-refractivity contribution < 1.29 is 22.4 Å². The van der Waals surface area contributed by atoms with E-state index in [-0.39, 0.29) is 17.1 Å². The standard InChI is InChI=1S/C18H13F3N2O2/c1-11-4-3-9-22-16(11)23-17(24)15-8-7-14(25-15)12-5-2-6-13(10-12)18(19,20)21/h2-10H,1H3,(H,22,23,24). The number of anilines is 1. The fourth-order valence-electron chi connectivity index (χ4n) is 2.25. The summed E-state index contributed by atoms with van der Waals surface area (Å²) in [5, 5.41) is 2.60. The van der Waals surface area contributed by atoms with E-state index in [0.717, 1.165) is 17.7 Å². The Morgan fingerprint density at radius 3 is 2.64 bits per heavy atom. The van der Waals surface area contributed by atoms with Crippen LogP contribution in [0.15, 0.2) is 59.1 Å². The first-order chi connectivity index (χ1) is 11.8. The lowest BCUT2D eigenvalue weighted by Gasteiger charge is -2.07. The van der Waals surface area contributed by atoms with Crippen LogP contribution in [0.2, 0.25) is 0 Å². The second kappa shape index (κ2) is 6.43. The van der Waals surface area contributed by atoms with Gasteiger partial charge in [0.15, 0.2) is 5.76 Å². The van der Waals surface area contributed by atoms with E-state index in [1.807, 2.05) is 0 Å². The Morgan fingerprint density at radius 1 is 1.12 bits per heavy atom. The number of carbonyl (C=O) groups excluding carboxylic acids is 1. The highest BCUT2D eigenvalue weighted by Gasteiger charge is 2.30. The lowest BCUT2D eigenvalue weighted by Crippen LogP contribution is -2.12. The van der Waals surface area contributed by atoms with E-state index in [4.69, 9.17) is 4.42 Å². The van der Waals surface area contributed by atoms with Gasteiger partial charge in [0, 0.05) is 11.8 Å². The van der Waals surface area contributed by atoms with Crippen LogP contribution >= 0.6 is 0 Å². The van der Waals surface area contributed by atoms with Crippen molar-refractivity contribution in [1.29, 1.82) is 0 Å². The molecule has 0 unspecified atom stereocenters. The number of furan rings is 1. The molecule has 4 nitrogen and oxygen atoms in total. The molecule has 25 heavy (non-hydrogen) atoms. The monoisotopic (exact) mass is 346 g/mol. The van der Waals surface area contributed by atoms with Crippen LogP contribution in [0.1, 0.15) is 21.7 Å². The first-order valence-electron chi connectivity index (χ1n) is 7.35. The van der Waals surface area contributed by atoms with Gasteiger partial charge in [0.2, 0.25) is 0 Å². The molecule has 0 fully saturated rings. The van der Waals surface area contributed by atoms with Crippen molar-refractivity contribution in [1.82, 2.24) is 4.98 Å². The number of hydrogen-bond donors (Lipinski definition) is 1. The van der Waals surface area contributed by atoms with E-state index in [1.54, 1.807) is 25.3 Å². The molecule has 1 aromatic carbocycles. The van der Waals surface area contributed by atoms with Gasteiger partial charge in [-0.1, -0.05) is 18.2 Å². The number of carbonyl (C=O) groups is 1. The summed E-state index contributed by atoms with van der Waals surface area (Å²) in [5.41, 5.74) is 0.236. The molecule has 3 aromatic rings. The third-order valence-electron chi connectivity index (χ3n) is 3.55. The van der Waals surface area contributed by atoms with Gasteiger partial charge < -0.3 is 9.73 Å². The lowest BCUT2D eigenvalue weighted by molar-refractivity contribution is -0.137. The largest absolute Gasteiger partial charge is 0.451 e. The molecule has 0 aliphatic rings. The van der Waals surface area contributed by atoms with Gasteiger partial charge in [-0.25, -0.2) is 4.98 Å².